The molecular formula is C20H22ClF3N2O3S. The van der Waals surface area contributed by atoms with Crippen molar-refractivity contribution in [3.05, 3.63) is 52.8 Å². The van der Waals surface area contributed by atoms with Gasteiger partial charge in [0.1, 0.15) is 6.04 Å². The average Bonchev–Trinajstić information content (AvgIpc) is 2.66. The third-order valence-corrected chi connectivity index (χ3v) is 5.91. The first kappa shape index (κ1) is 24.5. The number of carboxylic acids is 1. The van der Waals surface area contributed by atoms with Gasteiger partial charge in [-0.25, -0.2) is 0 Å². The number of thioether (sulfide) groups is 1. The van der Waals surface area contributed by atoms with Gasteiger partial charge in [-0.15, -0.1) is 0 Å². The Morgan fingerprint density at radius 1 is 1.27 bits per heavy atom. The average molecular weight is 463 g/mol. The Bertz CT molecular complexity index is 881. The number of hydrogen-bond acceptors (Lipinski definition) is 5. The highest BCUT2D eigenvalue weighted by molar-refractivity contribution is 7.99. The molecule has 2 atom stereocenters. The van der Waals surface area contributed by atoms with Crippen LogP contribution in [0.2, 0.25) is 5.02 Å². The van der Waals surface area contributed by atoms with Crippen molar-refractivity contribution >= 4 is 29.3 Å². The zero-order chi connectivity index (χ0) is 22.5. The number of aliphatic hydroxyl groups is 1. The molecule has 1 aromatic carbocycles. The second-order valence-corrected chi connectivity index (χ2v) is 8.51. The smallest absolute Gasteiger partial charge is 0.423 e. The van der Waals surface area contributed by atoms with E-state index in [1.165, 1.54) is 18.3 Å². The van der Waals surface area contributed by atoms with Crippen molar-refractivity contribution in [1.82, 2.24) is 4.98 Å². The van der Waals surface area contributed by atoms with Gasteiger partial charge in [0.2, 0.25) is 5.60 Å². The molecule has 10 heteroatoms. The van der Waals surface area contributed by atoms with Crippen LogP contribution >= 0.6 is 23.4 Å². The number of pyridine rings is 1. The van der Waals surface area contributed by atoms with Crippen LogP contribution in [0.1, 0.15) is 24.1 Å². The van der Waals surface area contributed by atoms with E-state index < -0.39 is 35.9 Å². The summed E-state index contributed by atoms with van der Waals surface area (Å²) in [6, 6.07) is 6.75. The van der Waals surface area contributed by atoms with Gasteiger partial charge in [0.05, 0.1) is 5.69 Å². The van der Waals surface area contributed by atoms with E-state index in [1.54, 1.807) is 18.2 Å². The zero-order valence-electron chi connectivity index (χ0n) is 16.1. The molecule has 4 N–H and O–H groups in total. The number of hydrogen-bond donors (Lipinski definition) is 3. The molecule has 5 nitrogen and oxygen atoms in total. The van der Waals surface area contributed by atoms with Gasteiger partial charge in [0, 0.05) is 16.8 Å². The fourth-order valence-electron chi connectivity index (χ4n) is 2.82. The quantitative estimate of drug-likeness (QED) is 0.478. The van der Waals surface area contributed by atoms with E-state index in [1.807, 2.05) is 6.92 Å². The molecule has 0 saturated carbocycles. The third-order valence-electron chi connectivity index (χ3n) is 4.65. The van der Waals surface area contributed by atoms with Crippen LogP contribution in [0.5, 0.6) is 0 Å². The number of halogens is 4. The lowest BCUT2D eigenvalue weighted by molar-refractivity contribution is -0.268. The molecular weight excluding hydrogens is 441 g/mol. The first-order chi connectivity index (χ1) is 14.0. The van der Waals surface area contributed by atoms with Crippen molar-refractivity contribution in [3.8, 4) is 11.1 Å². The highest BCUT2D eigenvalue weighted by atomic mass is 35.5. The molecule has 0 radical (unpaired) electrons. The molecule has 0 saturated heterocycles. The molecule has 0 bridgehead atoms. The predicted molar refractivity (Wildman–Crippen MR) is 112 cm³/mol. The van der Waals surface area contributed by atoms with Crippen molar-refractivity contribution in [2.45, 2.75) is 37.6 Å². The summed E-state index contributed by atoms with van der Waals surface area (Å²) in [5.41, 5.74) is 3.99. The molecule has 0 amide bonds. The number of nitrogens with two attached hydrogens (primary N) is 1. The van der Waals surface area contributed by atoms with Crippen LogP contribution in [0.25, 0.3) is 11.1 Å². The van der Waals surface area contributed by atoms with Crippen molar-refractivity contribution in [1.29, 1.82) is 0 Å². The summed E-state index contributed by atoms with van der Waals surface area (Å²) >= 11 is 7.03. The third kappa shape index (κ3) is 5.87. The van der Waals surface area contributed by atoms with Gasteiger partial charge in [0.25, 0.3) is 0 Å². The van der Waals surface area contributed by atoms with Crippen LogP contribution in [0.15, 0.2) is 36.5 Å². The van der Waals surface area contributed by atoms with Crippen LogP contribution < -0.4 is 5.73 Å². The van der Waals surface area contributed by atoms with Crippen molar-refractivity contribution in [3.63, 3.8) is 0 Å². The number of benzene rings is 1. The zero-order valence-corrected chi connectivity index (χ0v) is 17.7. The molecule has 30 heavy (non-hydrogen) atoms. The number of alkyl halides is 3. The largest absolute Gasteiger partial charge is 0.480 e. The van der Waals surface area contributed by atoms with Crippen LogP contribution in [0.3, 0.4) is 0 Å². The molecule has 0 spiro atoms. The molecule has 1 heterocycles. The SMILES string of the molecule is Cc1cc(Cl)ccc1-c1ccc(C(O)(CCSCCC(N)C(=O)O)C(F)(F)F)nc1. The van der Waals surface area contributed by atoms with E-state index >= 15 is 0 Å². The van der Waals surface area contributed by atoms with Gasteiger partial charge < -0.3 is 15.9 Å². The van der Waals surface area contributed by atoms with Crippen molar-refractivity contribution in [2.24, 2.45) is 5.73 Å². The molecule has 164 valence electrons. The Labute approximate surface area is 181 Å². The van der Waals surface area contributed by atoms with Crippen LogP contribution in [-0.4, -0.2) is 44.9 Å². The Kier molecular flexibility index (Phi) is 8.15. The molecule has 2 unspecified atom stereocenters. The van der Waals surface area contributed by atoms with Gasteiger partial charge in [0.15, 0.2) is 0 Å². The number of carboxylic acid groups (broad SMARTS) is 1. The highest BCUT2D eigenvalue weighted by Crippen LogP contribution is 2.42. The Hall–Kier alpha value is -1.81. The monoisotopic (exact) mass is 462 g/mol. The molecule has 2 rings (SSSR count). The first-order valence-electron chi connectivity index (χ1n) is 9.04. The fraction of sp³-hybridized carbons (Fsp3) is 0.400. The molecule has 1 aromatic heterocycles. The maximum atomic E-state index is 13.7. The van der Waals surface area contributed by atoms with Gasteiger partial charge >= 0.3 is 12.1 Å². The topological polar surface area (TPSA) is 96.4 Å². The lowest BCUT2D eigenvalue weighted by atomic mass is 9.93. The highest BCUT2D eigenvalue weighted by Gasteiger charge is 2.55. The Morgan fingerprint density at radius 2 is 1.97 bits per heavy atom. The maximum absolute atomic E-state index is 13.7. The summed E-state index contributed by atoms with van der Waals surface area (Å²) in [6.07, 6.45) is -4.12. The normalized spacial score (nSPS) is 14.9. The summed E-state index contributed by atoms with van der Waals surface area (Å²) in [7, 11) is 0. The van der Waals surface area contributed by atoms with Crippen molar-refractivity contribution in [2.75, 3.05) is 11.5 Å². The van der Waals surface area contributed by atoms with E-state index in [0.29, 0.717) is 10.6 Å². The maximum Gasteiger partial charge on any atom is 0.423 e. The van der Waals surface area contributed by atoms with E-state index in [-0.39, 0.29) is 17.9 Å². The molecule has 2 aromatic rings. The lowest BCUT2D eigenvalue weighted by Gasteiger charge is -2.30. The fourth-order valence-corrected chi connectivity index (χ4v) is 4.11. The van der Waals surface area contributed by atoms with Gasteiger partial charge in [-0.2, -0.15) is 24.9 Å². The minimum absolute atomic E-state index is 0.0396. The summed E-state index contributed by atoms with van der Waals surface area (Å²) in [5.74, 6) is -0.936. The number of nitrogens with zero attached hydrogens (tertiary/aromatic N) is 1. The standard InChI is InChI=1S/C20H22ClF3N2O3S/c1-12-10-14(21)3-4-15(12)13-2-5-17(26-11-13)19(29,20(22,23)24)7-9-30-8-6-16(25)18(27)28/h2-5,10-11,16,29H,6-9,25H2,1H3,(H,27,28). The van der Waals surface area contributed by atoms with E-state index in [2.05, 4.69) is 4.98 Å². The summed E-state index contributed by atoms with van der Waals surface area (Å²) in [4.78, 5) is 14.6. The lowest BCUT2D eigenvalue weighted by Crippen LogP contribution is -2.43. The second kappa shape index (κ2) is 10.00. The first-order valence-corrected chi connectivity index (χ1v) is 10.6. The molecule has 0 aliphatic heterocycles. The number of rotatable bonds is 9. The summed E-state index contributed by atoms with van der Waals surface area (Å²) in [6.45, 7) is 1.83. The van der Waals surface area contributed by atoms with Crippen LogP contribution in [0, 0.1) is 6.92 Å². The molecule has 0 aliphatic rings. The van der Waals surface area contributed by atoms with E-state index in [9.17, 15) is 23.1 Å². The van der Waals surface area contributed by atoms with Gasteiger partial charge in [-0.05, 0) is 60.6 Å². The predicted octanol–water partition coefficient (Wildman–Crippen LogP) is 4.39. The number of aromatic nitrogens is 1. The van der Waals surface area contributed by atoms with Crippen LogP contribution in [0.4, 0.5) is 13.2 Å². The molecule has 0 fully saturated rings. The number of aryl methyl sites for hydroxylation is 1. The Balaban J connectivity index is 2.13. The van der Waals surface area contributed by atoms with Crippen molar-refractivity contribution < 1.29 is 28.2 Å². The van der Waals surface area contributed by atoms with Crippen LogP contribution in [-0.2, 0) is 10.4 Å². The molecule has 0 aliphatic carbocycles. The summed E-state index contributed by atoms with van der Waals surface area (Å²) in [5, 5.41) is 19.7. The minimum Gasteiger partial charge on any atom is -0.480 e. The van der Waals surface area contributed by atoms with E-state index in [0.717, 1.165) is 22.9 Å². The minimum atomic E-state index is -4.92. The Morgan fingerprint density at radius 3 is 2.50 bits per heavy atom. The summed E-state index contributed by atoms with van der Waals surface area (Å²) < 4.78 is 41.0. The van der Waals surface area contributed by atoms with Gasteiger partial charge in [-0.1, -0.05) is 23.7 Å². The van der Waals surface area contributed by atoms with E-state index in [4.69, 9.17) is 22.4 Å². The number of carbonyl (C=O) groups is 1. The number of aliphatic carboxylic acids is 1. The van der Waals surface area contributed by atoms with Gasteiger partial charge in [-0.3, -0.25) is 9.78 Å². The second-order valence-electron chi connectivity index (χ2n) is 6.85.